The quantitative estimate of drug-likeness (QED) is 0.313. The number of hydrogen-bond donors (Lipinski definition) is 1. The van der Waals surface area contributed by atoms with Crippen molar-refractivity contribution in [2.45, 2.75) is 78.3 Å². The van der Waals surface area contributed by atoms with Crippen LogP contribution < -0.4 is 5.69 Å². The minimum Gasteiger partial charge on any atom is -0.478 e. The highest BCUT2D eigenvalue weighted by Crippen LogP contribution is 2.28. The molecule has 0 bridgehead atoms. The third-order valence-electron chi connectivity index (χ3n) is 7.47. The van der Waals surface area contributed by atoms with E-state index >= 15 is 0 Å². The number of benzene rings is 2. The fourth-order valence-electron chi connectivity index (χ4n) is 5.31. The Bertz CT molecular complexity index is 1230. The van der Waals surface area contributed by atoms with Crippen molar-refractivity contribution in [3.63, 3.8) is 0 Å². The lowest BCUT2D eigenvalue weighted by Crippen LogP contribution is -2.26. The van der Waals surface area contributed by atoms with Gasteiger partial charge in [-0.1, -0.05) is 100 Å². The summed E-state index contributed by atoms with van der Waals surface area (Å²) in [6, 6.07) is 14.8. The predicted molar refractivity (Wildman–Crippen MR) is 146 cm³/mol. The lowest BCUT2D eigenvalue weighted by Gasteiger charge is -2.21. The van der Waals surface area contributed by atoms with Gasteiger partial charge in [-0.25, -0.2) is 9.59 Å². The monoisotopic (exact) mass is 508 g/mol. The van der Waals surface area contributed by atoms with Crippen molar-refractivity contribution >= 4 is 17.6 Å². The number of rotatable bonds is 10. The summed E-state index contributed by atoms with van der Waals surface area (Å²) in [5.41, 5.74) is 3.67. The molecule has 192 valence electrons. The van der Waals surface area contributed by atoms with E-state index in [1.54, 1.807) is 16.7 Å². The van der Waals surface area contributed by atoms with Crippen LogP contribution in [0.1, 0.15) is 80.4 Å². The molecule has 1 saturated carbocycles. The third-order valence-corrected chi connectivity index (χ3v) is 7.89. The van der Waals surface area contributed by atoms with Crippen LogP contribution in [0.3, 0.4) is 0 Å². The summed E-state index contributed by atoms with van der Waals surface area (Å²) in [6.07, 6.45) is 9.17. The molecule has 0 spiro atoms. The second-order valence-corrected chi connectivity index (χ2v) is 10.9. The molecule has 0 amide bonds. The number of nitrogens with zero attached hydrogens (tertiary/aromatic N) is 2. The van der Waals surface area contributed by atoms with Gasteiger partial charge in [-0.2, -0.15) is 0 Å². The van der Waals surface area contributed by atoms with Gasteiger partial charge in [-0.05, 0) is 53.9 Å². The Morgan fingerprint density at radius 1 is 1.03 bits per heavy atom. The van der Waals surface area contributed by atoms with Crippen molar-refractivity contribution in [1.82, 2.24) is 9.13 Å². The normalized spacial score (nSPS) is 14.4. The summed E-state index contributed by atoms with van der Waals surface area (Å²) >= 11 is 6.84. The van der Waals surface area contributed by atoms with Gasteiger partial charge in [0, 0.05) is 6.54 Å². The molecular formula is C30H37ClN2O3. The molecular weight excluding hydrogens is 472 g/mol. The van der Waals surface area contributed by atoms with E-state index in [1.807, 2.05) is 41.0 Å². The van der Waals surface area contributed by atoms with Gasteiger partial charge in [0.25, 0.3) is 0 Å². The van der Waals surface area contributed by atoms with Gasteiger partial charge < -0.3 is 5.11 Å². The molecule has 5 nitrogen and oxygen atoms in total. The lowest BCUT2D eigenvalue weighted by atomic mass is 9.87. The maximum atomic E-state index is 13.5. The minimum absolute atomic E-state index is 0.0325. The Labute approximate surface area is 218 Å². The van der Waals surface area contributed by atoms with Gasteiger partial charge in [0.05, 0.1) is 17.8 Å². The summed E-state index contributed by atoms with van der Waals surface area (Å²) in [4.78, 5) is 25.1. The fourth-order valence-corrected chi connectivity index (χ4v) is 5.67. The van der Waals surface area contributed by atoms with Crippen LogP contribution in [0.25, 0.3) is 11.1 Å². The largest absolute Gasteiger partial charge is 0.478 e. The summed E-state index contributed by atoms with van der Waals surface area (Å²) < 4.78 is 3.62. The Morgan fingerprint density at radius 2 is 1.72 bits per heavy atom. The summed E-state index contributed by atoms with van der Waals surface area (Å²) in [7, 11) is 0. The molecule has 1 N–H and O–H groups in total. The molecule has 3 aromatic rings. The van der Waals surface area contributed by atoms with E-state index in [0.29, 0.717) is 35.6 Å². The van der Waals surface area contributed by atoms with E-state index in [4.69, 9.17) is 11.6 Å². The van der Waals surface area contributed by atoms with Crippen LogP contribution in [0.5, 0.6) is 0 Å². The SMILES string of the molecule is CC(C)CCc1c(Cl)n(CCC2CCCCC2)c(=O)n1Cc1ccc(-c2ccccc2C(=O)O)cc1. The molecule has 0 aliphatic heterocycles. The molecule has 1 heterocycles. The first-order valence-electron chi connectivity index (χ1n) is 13.2. The average molecular weight is 509 g/mol. The van der Waals surface area contributed by atoms with Crippen LogP contribution in [-0.2, 0) is 19.5 Å². The van der Waals surface area contributed by atoms with E-state index in [2.05, 4.69) is 13.8 Å². The van der Waals surface area contributed by atoms with Crippen molar-refractivity contribution in [3.05, 3.63) is 81.0 Å². The minimum atomic E-state index is -0.944. The summed E-state index contributed by atoms with van der Waals surface area (Å²) in [6.45, 7) is 5.49. The van der Waals surface area contributed by atoms with Crippen LogP contribution in [0.2, 0.25) is 5.15 Å². The van der Waals surface area contributed by atoms with E-state index in [9.17, 15) is 14.7 Å². The number of aromatic carboxylic acids is 1. The molecule has 36 heavy (non-hydrogen) atoms. The smallest absolute Gasteiger partial charge is 0.336 e. The first-order chi connectivity index (χ1) is 17.3. The third kappa shape index (κ3) is 6.12. The molecule has 0 atom stereocenters. The highest BCUT2D eigenvalue weighted by molar-refractivity contribution is 6.30. The van der Waals surface area contributed by atoms with Crippen molar-refractivity contribution in [2.24, 2.45) is 11.8 Å². The Morgan fingerprint density at radius 3 is 2.39 bits per heavy atom. The van der Waals surface area contributed by atoms with E-state index in [0.717, 1.165) is 36.1 Å². The van der Waals surface area contributed by atoms with Crippen LogP contribution in [0.4, 0.5) is 0 Å². The molecule has 0 radical (unpaired) electrons. The van der Waals surface area contributed by atoms with E-state index in [1.165, 1.54) is 32.1 Å². The van der Waals surface area contributed by atoms with Crippen LogP contribution in [-0.4, -0.2) is 20.2 Å². The molecule has 1 aliphatic carbocycles. The maximum Gasteiger partial charge on any atom is 0.336 e. The van der Waals surface area contributed by atoms with E-state index < -0.39 is 5.97 Å². The number of hydrogen-bond acceptors (Lipinski definition) is 2. The zero-order chi connectivity index (χ0) is 25.7. The maximum absolute atomic E-state index is 13.5. The van der Waals surface area contributed by atoms with Crippen LogP contribution in [0, 0.1) is 11.8 Å². The van der Waals surface area contributed by atoms with Crippen molar-refractivity contribution in [3.8, 4) is 11.1 Å². The van der Waals surface area contributed by atoms with Gasteiger partial charge in [0.15, 0.2) is 0 Å². The molecule has 1 fully saturated rings. The Kier molecular flexibility index (Phi) is 8.73. The van der Waals surface area contributed by atoms with Gasteiger partial charge >= 0.3 is 11.7 Å². The van der Waals surface area contributed by atoms with Crippen molar-refractivity contribution in [2.75, 3.05) is 0 Å². The van der Waals surface area contributed by atoms with Gasteiger partial charge in [0.1, 0.15) is 5.15 Å². The molecule has 0 unspecified atom stereocenters. The lowest BCUT2D eigenvalue weighted by molar-refractivity contribution is 0.0697. The standard InChI is InChI=1S/C30H37ClN2O3/c1-21(2)12-17-27-28(31)32(19-18-22-8-4-3-5-9-22)30(36)33(27)20-23-13-15-24(16-14-23)25-10-6-7-11-26(25)29(34)35/h6-7,10-11,13-16,21-22H,3-5,8-9,12,17-20H2,1-2H3,(H,34,35). The van der Waals surface area contributed by atoms with E-state index in [-0.39, 0.29) is 11.3 Å². The van der Waals surface area contributed by atoms with Crippen LogP contribution in [0.15, 0.2) is 53.3 Å². The number of halogens is 1. The van der Waals surface area contributed by atoms with Gasteiger partial charge in [-0.15, -0.1) is 0 Å². The first kappa shape index (κ1) is 26.3. The highest BCUT2D eigenvalue weighted by atomic mass is 35.5. The number of carboxylic acid groups (broad SMARTS) is 1. The summed E-state index contributed by atoms with van der Waals surface area (Å²) in [5.74, 6) is 0.259. The second-order valence-electron chi connectivity index (χ2n) is 10.5. The number of aromatic nitrogens is 2. The summed E-state index contributed by atoms with van der Waals surface area (Å²) in [5, 5.41) is 10.1. The number of carbonyl (C=O) groups is 1. The topological polar surface area (TPSA) is 64.2 Å². The van der Waals surface area contributed by atoms with Gasteiger partial charge in [-0.3, -0.25) is 9.13 Å². The highest BCUT2D eigenvalue weighted by Gasteiger charge is 2.21. The molecule has 1 aliphatic rings. The fraction of sp³-hybridized carbons (Fsp3) is 0.467. The first-order valence-corrected chi connectivity index (χ1v) is 13.6. The predicted octanol–water partition coefficient (Wildman–Crippen LogP) is 7.28. The second kappa shape index (κ2) is 12.0. The number of carboxylic acids is 1. The molecule has 6 heteroatoms. The Hall–Kier alpha value is -2.79. The van der Waals surface area contributed by atoms with Gasteiger partial charge in [0.2, 0.25) is 0 Å². The zero-order valence-corrected chi connectivity index (χ0v) is 22.1. The van der Waals surface area contributed by atoms with Crippen molar-refractivity contribution < 1.29 is 9.90 Å². The average Bonchev–Trinajstić information content (AvgIpc) is 3.10. The molecule has 2 aromatic carbocycles. The zero-order valence-electron chi connectivity index (χ0n) is 21.4. The molecule has 4 rings (SSSR count). The number of imidazole rings is 1. The molecule has 0 saturated heterocycles. The van der Waals surface area contributed by atoms with Crippen molar-refractivity contribution in [1.29, 1.82) is 0 Å². The Balaban J connectivity index is 1.59. The molecule has 1 aromatic heterocycles. The van der Waals surface area contributed by atoms with Crippen LogP contribution >= 0.6 is 11.6 Å².